The first-order valence-corrected chi connectivity index (χ1v) is 11.5. The lowest BCUT2D eigenvalue weighted by Gasteiger charge is -2.28. The Labute approximate surface area is 193 Å². The highest BCUT2D eigenvalue weighted by atomic mass is 32.1. The minimum Gasteiger partial charge on any atom is -0.478 e. The van der Waals surface area contributed by atoms with Crippen LogP contribution in [0, 0.1) is 12.7 Å². The molecule has 1 saturated heterocycles. The summed E-state index contributed by atoms with van der Waals surface area (Å²) in [7, 11) is 0. The minimum absolute atomic E-state index is 0.0479. The van der Waals surface area contributed by atoms with E-state index in [9.17, 15) is 19.1 Å². The van der Waals surface area contributed by atoms with E-state index in [1.807, 2.05) is 6.07 Å². The summed E-state index contributed by atoms with van der Waals surface area (Å²) in [5, 5.41) is 12.9. The number of aromatic nitrogens is 3. The summed E-state index contributed by atoms with van der Waals surface area (Å²) in [6, 6.07) is 7.84. The van der Waals surface area contributed by atoms with E-state index < -0.39 is 17.4 Å². The number of carbonyl (C=O) groups is 2. The highest BCUT2D eigenvalue weighted by molar-refractivity contribution is 7.05. The Morgan fingerprint density at radius 1 is 1.27 bits per heavy atom. The molecule has 1 aliphatic carbocycles. The molecule has 5 rings (SSSR count). The number of benzene rings is 1. The Bertz CT molecular complexity index is 1230. The van der Waals surface area contributed by atoms with Gasteiger partial charge in [-0.1, -0.05) is 12.1 Å². The molecule has 1 aliphatic heterocycles. The molecule has 1 atom stereocenters. The maximum atomic E-state index is 14.4. The normalized spacial score (nSPS) is 20.1. The van der Waals surface area contributed by atoms with E-state index in [1.54, 1.807) is 24.0 Å². The van der Waals surface area contributed by atoms with Crippen molar-refractivity contribution in [2.45, 2.75) is 37.5 Å². The number of rotatable bonds is 5. The number of carboxylic acids is 1. The third kappa shape index (κ3) is 3.95. The van der Waals surface area contributed by atoms with E-state index in [0.29, 0.717) is 29.5 Å². The number of anilines is 1. The molecule has 0 unspecified atom stereocenters. The molecule has 2 fully saturated rings. The van der Waals surface area contributed by atoms with E-state index in [4.69, 9.17) is 0 Å². The molecule has 1 saturated carbocycles. The molecular formula is C23H22FN5O3S. The number of aryl methyl sites for hydroxylation is 1. The second-order valence-electron chi connectivity index (χ2n) is 8.61. The van der Waals surface area contributed by atoms with E-state index in [1.165, 1.54) is 30.0 Å². The third-order valence-corrected chi connectivity index (χ3v) is 7.29. The zero-order chi connectivity index (χ0) is 23.2. The van der Waals surface area contributed by atoms with Crippen molar-refractivity contribution in [1.29, 1.82) is 0 Å². The van der Waals surface area contributed by atoms with Crippen LogP contribution in [0.15, 0.2) is 36.7 Å². The molecule has 1 aromatic carbocycles. The first-order valence-electron chi connectivity index (χ1n) is 10.7. The summed E-state index contributed by atoms with van der Waals surface area (Å²) >= 11 is 1.23. The van der Waals surface area contributed by atoms with Gasteiger partial charge in [0.05, 0.1) is 5.41 Å². The molecule has 10 heteroatoms. The molecule has 2 amide bonds. The number of carbonyl (C=O) groups excluding carboxylic acids is 1. The molecule has 0 bridgehead atoms. The number of halogens is 1. The van der Waals surface area contributed by atoms with Gasteiger partial charge in [0.15, 0.2) is 0 Å². The van der Waals surface area contributed by atoms with Gasteiger partial charge in [0, 0.05) is 24.7 Å². The van der Waals surface area contributed by atoms with Gasteiger partial charge in [-0.05, 0) is 67.0 Å². The van der Waals surface area contributed by atoms with Crippen molar-refractivity contribution in [2.75, 3.05) is 18.4 Å². The molecule has 2 aliphatic rings. The molecule has 0 radical (unpaired) electrons. The Morgan fingerprint density at radius 3 is 2.76 bits per heavy atom. The van der Waals surface area contributed by atoms with E-state index in [-0.39, 0.29) is 23.7 Å². The number of hydrogen-bond acceptors (Lipinski definition) is 6. The van der Waals surface area contributed by atoms with Gasteiger partial charge in [0.1, 0.15) is 28.5 Å². The summed E-state index contributed by atoms with van der Waals surface area (Å²) in [5.41, 5.74) is 1.32. The Kier molecular flexibility index (Phi) is 5.32. The van der Waals surface area contributed by atoms with E-state index in [0.717, 1.165) is 24.1 Å². The van der Waals surface area contributed by atoms with Crippen molar-refractivity contribution in [3.63, 3.8) is 0 Å². The number of aromatic carboxylic acids is 1. The Hall–Kier alpha value is -3.40. The molecular weight excluding hydrogens is 445 g/mol. The number of hydrogen-bond donors (Lipinski definition) is 2. The zero-order valence-electron chi connectivity index (χ0n) is 17.9. The average Bonchev–Trinajstić information content (AvgIpc) is 3.30. The molecule has 170 valence electrons. The summed E-state index contributed by atoms with van der Waals surface area (Å²) in [6.45, 7) is 2.36. The topological polar surface area (TPSA) is 108 Å². The van der Waals surface area contributed by atoms with Crippen molar-refractivity contribution >= 4 is 29.4 Å². The molecule has 3 aromatic rings. The van der Waals surface area contributed by atoms with Gasteiger partial charge in [0.2, 0.25) is 0 Å². The predicted molar refractivity (Wildman–Crippen MR) is 120 cm³/mol. The number of likely N-dealkylation sites (tertiary alicyclic amines) is 1. The van der Waals surface area contributed by atoms with Gasteiger partial charge in [-0.15, -0.1) is 0 Å². The maximum absolute atomic E-state index is 14.4. The summed E-state index contributed by atoms with van der Waals surface area (Å²) in [6.07, 6.45) is 4.02. The van der Waals surface area contributed by atoms with Crippen molar-refractivity contribution in [3.8, 4) is 0 Å². The summed E-state index contributed by atoms with van der Waals surface area (Å²) in [5.74, 6) is -1.10. The number of urea groups is 1. The fourth-order valence-electron chi connectivity index (χ4n) is 4.32. The third-order valence-electron chi connectivity index (χ3n) is 6.42. The lowest BCUT2D eigenvalue weighted by Crippen LogP contribution is -2.38. The highest BCUT2D eigenvalue weighted by Crippen LogP contribution is 2.42. The van der Waals surface area contributed by atoms with Crippen LogP contribution in [0.3, 0.4) is 0 Å². The smallest absolute Gasteiger partial charge is 0.339 e. The monoisotopic (exact) mass is 467 g/mol. The minimum atomic E-state index is -1.15. The van der Waals surface area contributed by atoms with Crippen LogP contribution in [0.2, 0.25) is 0 Å². The largest absolute Gasteiger partial charge is 0.478 e. The standard InChI is InChI=1S/C23H22FN5O3S/c1-13-2-5-15(10-17(13)24)23(21-25-12-26-33-21)8-9-29(11-23)22(32)28-19-16(20(30)31)6-7-18(27-19)14-3-4-14/h2,5-7,10,12,14H,3-4,8-9,11H2,1H3,(H,30,31)(H,27,28,32)/t23-/m0/s1. The second kappa shape index (κ2) is 8.18. The van der Waals surface area contributed by atoms with Crippen LogP contribution in [0.1, 0.15) is 57.4 Å². The van der Waals surface area contributed by atoms with Crippen LogP contribution in [-0.2, 0) is 5.41 Å². The van der Waals surface area contributed by atoms with Gasteiger partial charge < -0.3 is 10.0 Å². The van der Waals surface area contributed by atoms with Crippen LogP contribution >= 0.6 is 11.5 Å². The molecule has 0 spiro atoms. The molecule has 8 nitrogen and oxygen atoms in total. The summed E-state index contributed by atoms with van der Waals surface area (Å²) in [4.78, 5) is 35.2. The van der Waals surface area contributed by atoms with Crippen LogP contribution in [0.4, 0.5) is 15.0 Å². The van der Waals surface area contributed by atoms with Crippen molar-refractivity contribution in [2.24, 2.45) is 0 Å². The van der Waals surface area contributed by atoms with Crippen molar-refractivity contribution in [1.82, 2.24) is 19.2 Å². The fraction of sp³-hybridized carbons (Fsp3) is 0.348. The van der Waals surface area contributed by atoms with Gasteiger partial charge in [-0.25, -0.2) is 23.9 Å². The predicted octanol–water partition coefficient (Wildman–Crippen LogP) is 4.18. The van der Waals surface area contributed by atoms with Crippen LogP contribution in [-0.4, -0.2) is 49.4 Å². The van der Waals surface area contributed by atoms with Gasteiger partial charge in [-0.2, -0.15) is 4.37 Å². The van der Waals surface area contributed by atoms with Crippen LogP contribution < -0.4 is 5.32 Å². The van der Waals surface area contributed by atoms with E-state index >= 15 is 0 Å². The van der Waals surface area contributed by atoms with E-state index in [2.05, 4.69) is 19.7 Å². The fourth-order valence-corrected chi connectivity index (χ4v) is 5.07. The first kappa shape index (κ1) is 21.4. The van der Waals surface area contributed by atoms with Gasteiger partial charge in [0.25, 0.3) is 0 Å². The van der Waals surface area contributed by atoms with Crippen LogP contribution in [0.5, 0.6) is 0 Å². The van der Waals surface area contributed by atoms with Gasteiger partial charge in [-0.3, -0.25) is 5.32 Å². The van der Waals surface area contributed by atoms with Crippen molar-refractivity contribution in [3.05, 3.63) is 69.9 Å². The lowest BCUT2D eigenvalue weighted by molar-refractivity contribution is 0.0697. The highest BCUT2D eigenvalue weighted by Gasteiger charge is 2.45. The average molecular weight is 468 g/mol. The molecule has 2 N–H and O–H groups in total. The Morgan fingerprint density at radius 2 is 2.09 bits per heavy atom. The molecule has 2 aromatic heterocycles. The quantitative estimate of drug-likeness (QED) is 0.583. The molecule has 33 heavy (non-hydrogen) atoms. The lowest BCUT2D eigenvalue weighted by atomic mass is 9.80. The number of nitrogens with one attached hydrogen (secondary N) is 1. The second-order valence-corrected chi connectivity index (χ2v) is 9.39. The zero-order valence-corrected chi connectivity index (χ0v) is 18.7. The SMILES string of the molecule is Cc1ccc([C@]2(c3ncns3)CCN(C(=O)Nc3nc(C4CC4)ccc3C(=O)O)C2)cc1F. The number of carboxylic acid groups (broad SMARTS) is 1. The van der Waals surface area contributed by atoms with Crippen molar-refractivity contribution < 1.29 is 19.1 Å². The first-order chi connectivity index (χ1) is 15.9. The van der Waals surface area contributed by atoms with Gasteiger partial charge >= 0.3 is 12.0 Å². The summed E-state index contributed by atoms with van der Waals surface area (Å²) < 4.78 is 18.5. The number of nitrogens with zero attached hydrogens (tertiary/aromatic N) is 4. The maximum Gasteiger partial charge on any atom is 0.339 e. The number of amides is 2. The Balaban J connectivity index is 1.43. The number of pyridine rings is 1. The van der Waals surface area contributed by atoms with Crippen LogP contribution in [0.25, 0.3) is 0 Å². The molecule has 3 heterocycles.